The minimum Gasteiger partial charge on any atom is -0.494 e. The quantitative estimate of drug-likeness (QED) is 0.651. The van der Waals surface area contributed by atoms with Crippen molar-refractivity contribution < 1.29 is 33.3 Å². The molecule has 2 aromatic carbocycles. The number of carbonyl (C=O) groups excluding carboxylic acids is 1. The summed E-state index contributed by atoms with van der Waals surface area (Å²) in [5, 5.41) is 11.2. The maximum Gasteiger partial charge on any atom is 0.303 e. The van der Waals surface area contributed by atoms with Crippen molar-refractivity contribution in [2.24, 2.45) is 0 Å². The van der Waals surface area contributed by atoms with Gasteiger partial charge in [0, 0.05) is 18.2 Å². The average Bonchev–Trinajstić information content (AvgIpc) is 2.65. The first kappa shape index (κ1) is 20.0. The van der Waals surface area contributed by atoms with Gasteiger partial charge in [0.25, 0.3) is 5.91 Å². The van der Waals surface area contributed by atoms with Crippen LogP contribution in [0.5, 0.6) is 17.2 Å². The van der Waals surface area contributed by atoms with Crippen molar-refractivity contribution in [3.8, 4) is 17.2 Å². The van der Waals surface area contributed by atoms with Crippen LogP contribution in [0.4, 0.5) is 10.1 Å². The summed E-state index contributed by atoms with van der Waals surface area (Å²) in [7, 11) is 2.77. The van der Waals surface area contributed by atoms with Crippen LogP contribution >= 0.6 is 0 Å². The highest BCUT2D eigenvalue weighted by Gasteiger charge is 2.17. The Bertz CT molecular complexity index is 807. The fraction of sp³-hybridized carbons (Fsp3) is 0.263. The van der Waals surface area contributed by atoms with Crippen LogP contribution in [0, 0.1) is 5.82 Å². The Balaban J connectivity index is 2.00. The molecule has 0 radical (unpaired) electrons. The number of hydrogen-bond acceptors (Lipinski definition) is 5. The molecule has 144 valence electrons. The molecule has 0 spiro atoms. The number of carboxylic acid groups (broad SMARTS) is 1. The summed E-state index contributed by atoms with van der Waals surface area (Å²) in [4.78, 5) is 22.8. The molecule has 0 aliphatic heterocycles. The molecule has 0 unspecified atom stereocenters. The van der Waals surface area contributed by atoms with E-state index in [1.807, 2.05) is 0 Å². The molecule has 0 aliphatic carbocycles. The lowest BCUT2D eigenvalue weighted by atomic mass is 10.1. The van der Waals surface area contributed by atoms with Gasteiger partial charge in [0.1, 0.15) is 11.6 Å². The zero-order chi connectivity index (χ0) is 19.8. The first-order valence-electron chi connectivity index (χ1n) is 8.12. The minimum absolute atomic E-state index is 0.0328. The van der Waals surface area contributed by atoms with E-state index in [1.165, 1.54) is 20.3 Å². The second-order valence-corrected chi connectivity index (χ2v) is 5.51. The smallest absolute Gasteiger partial charge is 0.303 e. The van der Waals surface area contributed by atoms with E-state index >= 15 is 0 Å². The fourth-order valence-corrected chi connectivity index (χ4v) is 2.27. The molecule has 2 N–H and O–H groups in total. The number of carbonyl (C=O) groups is 2. The summed E-state index contributed by atoms with van der Waals surface area (Å²) in [6.45, 7) is 0.273. The lowest BCUT2D eigenvalue weighted by Gasteiger charge is -2.11. The van der Waals surface area contributed by atoms with Crippen molar-refractivity contribution in [3.05, 3.63) is 47.8 Å². The van der Waals surface area contributed by atoms with Gasteiger partial charge in [0.05, 0.1) is 26.4 Å². The minimum atomic E-state index is -0.876. The molecule has 0 aliphatic rings. The fourth-order valence-electron chi connectivity index (χ4n) is 2.27. The summed E-state index contributed by atoms with van der Waals surface area (Å²) in [6.07, 6.45) is 0.428. The lowest BCUT2D eigenvalue weighted by molar-refractivity contribution is -0.137. The summed E-state index contributed by atoms with van der Waals surface area (Å²) in [6, 6.07) is 8.81. The number of hydrogen-bond donors (Lipinski definition) is 2. The van der Waals surface area contributed by atoms with Gasteiger partial charge in [-0.05, 0) is 36.8 Å². The van der Waals surface area contributed by atoms with E-state index in [0.717, 1.165) is 6.07 Å². The number of aliphatic carboxylic acids is 1. The van der Waals surface area contributed by atoms with E-state index in [1.54, 1.807) is 24.3 Å². The molecule has 7 nitrogen and oxygen atoms in total. The number of amides is 1. The number of anilines is 1. The van der Waals surface area contributed by atoms with Gasteiger partial charge in [0.2, 0.25) is 0 Å². The van der Waals surface area contributed by atoms with E-state index in [9.17, 15) is 14.0 Å². The second-order valence-electron chi connectivity index (χ2n) is 5.51. The number of carboxylic acids is 1. The third-order valence-corrected chi connectivity index (χ3v) is 3.63. The van der Waals surface area contributed by atoms with Gasteiger partial charge in [-0.3, -0.25) is 9.59 Å². The maximum atomic E-state index is 14.1. The molecule has 0 saturated heterocycles. The number of halogens is 1. The topological polar surface area (TPSA) is 94.1 Å². The summed E-state index contributed by atoms with van der Waals surface area (Å²) >= 11 is 0. The SMILES string of the molecule is COc1cc(F)c(C(=O)Nc2ccc(OCCCC(=O)O)cc2)cc1OC. The van der Waals surface area contributed by atoms with Gasteiger partial charge in [-0.1, -0.05) is 0 Å². The Morgan fingerprint density at radius 1 is 1.07 bits per heavy atom. The van der Waals surface area contributed by atoms with Crippen molar-refractivity contribution in [2.45, 2.75) is 12.8 Å². The largest absolute Gasteiger partial charge is 0.494 e. The molecule has 0 saturated carbocycles. The molecule has 2 rings (SSSR count). The van der Waals surface area contributed by atoms with E-state index in [2.05, 4.69) is 5.32 Å². The molecule has 0 bridgehead atoms. The Morgan fingerprint density at radius 3 is 2.30 bits per heavy atom. The van der Waals surface area contributed by atoms with Gasteiger partial charge in [-0.25, -0.2) is 4.39 Å². The Kier molecular flexibility index (Phi) is 6.99. The van der Waals surface area contributed by atoms with Crippen LogP contribution in [0.3, 0.4) is 0 Å². The molecular formula is C19H20FNO6. The van der Waals surface area contributed by atoms with E-state index in [0.29, 0.717) is 17.9 Å². The van der Waals surface area contributed by atoms with E-state index in [-0.39, 0.29) is 30.1 Å². The second kappa shape index (κ2) is 9.42. The van der Waals surface area contributed by atoms with Gasteiger partial charge in [0.15, 0.2) is 11.5 Å². The summed E-state index contributed by atoms with van der Waals surface area (Å²) in [5.74, 6) is -1.27. The maximum absolute atomic E-state index is 14.1. The van der Waals surface area contributed by atoms with Crippen molar-refractivity contribution in [1.82, 2.24) is 0 Å². The van der Waals surface area contributed by atoms with Gasteiger partial charge >= 0.3 is 5.97 Å². The standard InChI is InChI=1S/C19H20FNO6/c1-25-16-10-14(15(20)11-17(16)26-2)19(24)21-12-5-7-13(8-6-12)27-9-3-4-18(22)23/h5-8,10-11H,3-4,9H2,1-2H3,(H,21,24)(H,22,23). The first-order valence-corrected chi connectivity index (χ1v) is 8.12. The molecular weight excluding hydrogens is 357 g/mol. The highest BCUT2D eigenvalue weighted by molar-refractivity contribution is 6.04. The normalized spacial score (nSPS) is 10.2. The zero-order valence-corrected chi connectivity index (χ0v) is 15.0. The molecule has 2 aromatic rings. The number of nitrogens with one attached hydrogen (secondary N) is 1. The molecule has 27 heavy (non-hydrogen) atoms. The first-order chi connectivity index (χ1) is 12.9. The molecule has 0 heterocycles. The summed E-state index contributed by atoms with van der Waals surface area (Å²) in [5.41, 5.74) is 0.272. The Morgan fingerprint density at radius 2 is 1.70 bits per heavy atom. The van der Waals surface area contributed by atoms with Crippen LogP contribution in [0.25, 0.3) is 0 Å². The molecule has 8 heteroatoms. The van der Waals surface area contributed by atoms with Crippen LogP contribution in [0.2, 0.25) is 0 Å². The van der Waals surface area contributed by atoms with Gasteiger partial charge in [-0.2, -0.15) is 0 Å². The summed E-state index contributed by atoms with van der Waals surface area (Å²) < 4.78 is 29.6. The van der Waals surface area contributed by atoms with E-state index < -0.39 is 17.7 Å². The third kappa shape index (κ3) is 5.60. The van der Waals surface area contributed by atoms with Crippen molar-refractivity contribution in [1.29, 1.82) is 0 Å². The Labute approximate surface area is 155 Å². The van der Waals surface area contributed by atoms with Crippen molar-refractivity contribution >= 4 is 17.6 Å². The van der Waals surface area contributed by atoms with Crippen LogP contribution in [0.1, 0.15) is 23.2 Å². The van der Waals surface area contributed by atoms with Crippen LogP contribution in [-0.4, -0.2) is 37.8 Å². The average molecular weight is 377 g/mol. The van der Waals surface area contributed by atoms with Crippen LogP contribution in [-0.2, 0) is 4.79 Å². The molecule has 0 aromatic heterocycles. The van der Waals surface area contributed by atoms with Gasteiger partial charge < -0.3 is 24.6 Å². The predicted molar refractivity (Wildman–Crippen MR) is 96.3 cm³/mol. The van der Waals surface area contributed by atoms with Crippen molar-refractivity contribution in [3.63, 3.8) is 0 Å². The van der Waals surface area contributed by atoms with Crippen LogP contribution < -0.4 is 19.5 Å². The molecule has 1 amide bonds. The van der Waals surface area contributed by atoms with E-state index in [4.69, 9.17) is 19.3 Å². The van der Waals surface area contributed by atoms with Gasteiger partial charge in [-0.15, -0.1) is 0 Å². The number of rotatable bonds is 9. The monoisotopic (exact) mass is 377 g/mol. The highest BCUT2D eigenvalue weighted by atomic mass is 19.1. The lowest BCUT2D eigenvalue weighted by Crippen LogP contribution is -2.14. The van der Waals surface area contributed by atoms with Crippen LogP contribution in [0.15, 0.2) is 36.4 Å². The molecule has 0 atom stereocenters. The number of methoxy groups -OCH3 is 2. The van der Waals surface area contributed by atoms with Crippen molar-refractivity contribution in [2.75, 3.05) is 26.1 Å². The number of ether oxygens (including phenoxy) is 3. The molecule has 0 fully saturated rings. The highest BCUT2D eigenvalue weighted by Crippen LogP contribution is 2.30. The third-order valence-electron chi connectivity index (χ3n) is 3.63. The number of benzene rings is 2. The predicted octanol–water partition coefficient (Wildman–Crippen LogP) is 3.34. The zero-order valence-electron chi connectivity index (χ0n) is 15.0. The Hall–Kier alpha value is -3.29.